The molecule has 2 aliphatic rings. The smallest absolute Gasteiger partial charge is 0.345 e. The van der Waals surface area contributed by atoms with Crippen molar-refractivity contribution in [1.82, 2.24) is 0 Å². The first kappa shape index (κ1) is 19.4. The summed E-state index contributed by atoms with van der Waals surface area (Å²) < 4.78 is 11.8. The molecule has 0 aliphatic carbocycles. The molecule has 6 aromatic carbocycles. The maximum Gasteiger partial charge on any atom is 0.345 e. The number of benzene rings is 6. The second kappa shape index (κ2) is 6.80. The first-order chi connectivity index (χ1) is 17.7. The first-order valence-corrected chi connectivity index (χ1v) is 11.8. The molecule has 4 nitrogen and oxygen atoms in total. The van der Waals surface area contributed by atoms with Crippen molar-refractivity contribution in [2.45, 2.75) is 0 Å². The molecule has 0 fully saturated rings. The molecule has 168 valence electrons. The maximum absolute atomic E-state index is 13.6. The van der Waals surface area contributed by atoms with Crippen LogP contribution in [0.5, 0.6) is 11.5 Å². The summed E-state index contributed by atoms with van der Waals surface area (Å²) in [5.41, 5.74) is 1.81. The number of hydrogen-bond donors (Lipinski definition) is 0. The molecule has 2 aliphatic heterocycles. The Kier molecular flexibility index (Phi) is 3.66. The van der Waals surface area contributed by atoms with E-state index in [-0.39, 0.29) is 11.1 Å². The molecule has 0 amide bonds. The quantitative estimate of drug-likeness (QED) is 0.105. The van der Waals surface area contributed by atoms with Gasteiger partial charge in [0, 0.05) is 21.9 Å². The lowest BCUT2D eigenvalue weighted by Crippen LogP contribution is -2.08. The Balaban J connectivity index is 1.59. The molecule has 0 unspecified atom stereocenters. The molecule has 0 N–H and O–H groups in total. The monoisotopic (exact) mass is 464 g/mol. The predicted molar refractivity (Wildman–Crippen MR) is 141 cm³/mol. The van der Waals surface area contributed by atoms with Crippen LogP contribution in [0.1, 0.15) is 11.1 Å². The normalized spacial score (nSPS) is 16.6. The minimum Gasteiger partial charge on any atom is -0.422 e. The van der Waals surface area contributed by atoms with E-state index in [0.29, 0.717) is 22.6 Å². The number of fused-ring (bicyclic) bond motifs is 12. The molecule has 0 saturated heterocycles. The van der Waals surface area contributed by atoms with Crippen molar-refractivity contribution in [3.63, 3.8) is 0 Å². The molecule has 2 heterocycles. The lowest BCUT2D eigenvalue weighted by Gasteiger charge is -2.11. The van der Waals surface area contributed by atoms with Crippen molar-refractivity contribution in [3.05, 3.63) is 108 Å². The summed E-state index contributed by atoms with van der Waals surface area (Å²) in [6, 6.07) is 31.6. The Bertz CT molecular complexity index is 1880. The number of carbonyl (C=O) groups is 2. The van der Waals surface area contributed by atoms with E-state index in [0.717, 1.165) is 43.1 Å². The Morgan fingerprint density at radius 2 is 0.639 bits per heavy atom. The average molecular weight is 464 g/mol. The number of ether oxygens (including phenoxy) is 2. The zero-order chi connectivity index (χ0) is 24.0. The fraction of sp³-hybridized carbons (Fsp3) is 0. The van der Waals surface area contributed by atoms with Gasteiger partial charge < -0.3 is 9.47 Å². The van der Waals surface area contributed by atoms with Gasteiger partial charge >= 0.3 is 11.9 Å². The van der Waals surface area contributed by atoms with E-state index in [4.69, 9.17) is 9.47 Å². The van der Waals surface area contributed by atoms with Crippen molar-refractivity contribution in [3.8, 4) is 11.5 Å². The van der Waals surface area contributed by atoms with E-state index in [1.165, 1.54) is 0 Å². The number of rotatable bonds is 0. The van der Waals surface area contributed by atoms with Gasteiger partial charge in [0.2, 0.25) is 0 Å². The second-order valence-electron chi connectivity index (χ2n) is 9.12. The summed E-state index contributed by atoms with van der Waals surface area (Å²) in [4.78, 5) is 27.1. The summed E-state index contributed by atoms with van der Waals surface area (Å²) in [7, 11) is 0. The third kappa shape index (κ3) is 2.33. The first-order valence-electron chi connectivity index (χ1n) is 11.8. The summed E-state index contributed by atoms with van der Waals surface area (Å²) in [5.74, 6) is -0.0987. The lowest BCUT2D eigenvalue weighted by atomic mass is 9.87. The highest BCUT2D eigenvalue weighted by molar-refractivity contribution is 6.46. The van der Waals surface area contributed by atoms with Crippen LogP contribution >= 0.6 is 0 Å². The second-order valence-corrected chi connectivity index (χ2v) is 9.12. The number of hydrogen-bond acceptors (Lipinski definition) is 4. The van der Waals surface area contributed by atoms with Crippen LogP contribution in [0.15, 0.2) is 97.1 Å². The molecule has 0 aromatic heterocycles. The zero-order valence-electron chi connectivity index (χ0n) is 18.9. The standard InChI is InChI=1S/C32H16O4/c33-31-27(25-21-13-5-1-9-17(21)19-11-3-7-15-23(19)29(25)35-31)28-26-22-14-6-2-10-18(22)20-12-4-8-16-24(20)30(26)36-32(28)34/h1-16H/b28-27+. The summed E-state index contributed by atoms with van der Waals surface area (Å²) in [6.45, 7) is 0. The topological polar surface area (TPSA) is 52.6 Å². The Morgan fingerprint density at radius 1 is 0.361 bits per heavy atom. The average Bonchev–Trinajstić information content (AvgIpc) is 3.45. The molecular weight excluding hydrogens is 448 g/mol. The largest absolute Gasteiger partial charge is 0.422 e. The minimum absolute atomic E-state index is 0.260. The van der Waals surface area contributed by atoms with Crippen LogP contribution in [0, 0.1) is 0 Å². The van der Waals surface area contributed by atoms with E-state index < -0.39 is 11.9 Å². The van der Waals surface area contributed by atoms with Crippen molar-refractivity contribution in [2.75, 3.05) is 0 Å². The molecule has 0 spiro atoms. The summed E-state index contributed by atoms with van der Waals surface area (Å²) in [6.07, 6.45) is 0. The van der Waals surface area contributed by atoms with Crippen LogP contribution < -0.4 is 9.47 Å². The molecule has 0 radical (unpaired) electrons. The summed E-state index contributed by atoms with van der Waals surface area (Å²) in [5, 5.41) is 7.40. The fourth-order valence-electron chi connectivity index (χ4n) is 5.87. The van der Waals surface area contributed by atoms with E-state index in [9.17, 15) is 9.59 Å². The Hall–Kier alpha value is -4.96. The van der Waals surface area contributed by atoms with E-state index in [1.807, 2.05) is 97.1 Å². The van der Waals surface area contributed by atoms with Gasteiger partial charge in [0.05, 0.1) is 11.1 Å². The van der Waals surface area contributed by atoms with Gasteiger partial charge in [0.25, 0.3) is 0 Å². The Morgan fingerprint density at radius 3 is 1.00 bits per heavy atom. The molecule has 8 rings (SSSR count). The highest BCUT2D eigenvalue weighted by Gasteiger charge is 2.41. The zero-order valence-corrected chi connectivity index (χ0v) is 18.9. The van der Waals surface area contributed by atoms with Crippen LogP contribution in [-0.4, -0.2) is 11.9 Å². The molecule has 4 heteroatoms. The van der Waals surface area contributed by atoms with Gasteiger partial charge in [-0.3, -0.25) is 0 Å². The van der Waals surface area contributed by atoms with Gasteiger partial charge in [0.1, 0.15) is 11.5 Å². The van der Waals surface area contributed by atoms with Crippen LogP contribution in [0.25, 0.3) is 54.2 Å². The lowest BCUT2D eigenvalue weighted by molar-refractivity contribution is -0.128. The Labute approximate surface area is 205 Å². The molecule has 0 saturated carbocycles. The molecule has 6 aromatic rings. The van der Waals surface area contributed by atoms with Gasteiger partial charge in [-0.15, -0.1) is 0 Å². The van der Waals surface area contributed by atoms with Crippen LogP contribution in [0.3, 0.4) is 0 Å². The predicted octanol–water partition coefficient (Wildman–Crippen LogP) is 7.05. The van der Waals surface area contributed by atoms with Gasteiger partial charge in [-0.1, -0.05) is 97.1 Å². The van der Waals surface area contributed by atoms with E-state index in [1.54, 1.807) is 0 Å². The van der Waals surface area contributed by atoms with Crippen LogP contribution in [0.2, 0.25) is 0 Å². The van der Waals surface area contributed by atoms with Crippen molar-refractivity contribution in [2.24, 2.45) is 0 Å². The van der Waals surface area contributed by atoms with Gasteiger partial charge in [0.15, 0.2) is 0 Å². The SMILES string of the molecule is O=C1Oc2c(c3ccccc3c3ccccc23)/C1=C1\C(=O)Oc2c1c1ccccc1c1ccccc21. The molecule has 0 bridgehead atoms. The van der Waals surface area contributed by atoms with Crippen LogP contribution in [0.4, 0.5) is 0 Å². The highest BCUT2D eigenvalue weighted by Crippen LogP contribution is 2.53. The highest BCUT2D eigenvalue weighted by atomic mass is 16.5. The van der Waals surface area contributed by atoms with E-state index >= 15 is 0 Å². The third-order valence-corrected chi connectivity index (χ3v) is 7.32. The molecular formula is C32H16O4. The number of carbonyl (C=O) groups excluding carboxylic acids is 2. The number of esters is 2. The van der Waals surface area contributed by atoms with E-state index in [2.05, 4.69) is 0 Å². The molecule has 0 atom stereocenters. The van der Waals surface area contributed by atoms with Gasteiger partial charge in [-0.25, -0.2) is 9.59 Å². The third-order valence-electron chi connectivity index (χ3n) is 7.32. The fourth-order valence-corrected chi connectivity index (χ4v) is 5.87. The summed E-state index contributed by atoms with van der Waals surface area (Å²) >= 11 is 0. The van der Waals surface area contributed by atoms with Crippen molar-refractivity contribution in [1.29, 1.82) is 0 Å². The molecule has 36 heavy (non-hydrogen) atoms. The van der Waals surface area contributed by atoms with Crippen molar-refractivity contribution >= 4 is 66.2 Å². The van der Waals surface area contributed by atoms with Gasteiger partial charge in [-0.05, 0) is 32.3 Å². The van der Waals surface area contributed by atoms with Crippen molar-refractivity contribution < 1.29 is 19.1 Å². The van der Waals surface area contributed by atoms with Gasteiger partial charge in [-0.2, -0.15) is 0 Å². The van der Waals surface area contributed by atoms with Crippen LogP contribution in [-0.2, 0) is 9.59 Å². The maximum atomic E-state index is 13.6. The minimum atomic E-state index is -0.538.